The Kier molecular flexibility index (Phi) is 4.51. The third-order valence-electron chi connectivity index (χ3n) is 4.43. The smallest absolute Gasteiger partial charge is 0.134 e. The van der Waals surface area contributed by atoms with Crippen molar-refractivity contribution in [3.8, 4) is 0 Å². The first kappa shape index (κ1) is 15.1. The zero-order valence-electron chi connectivity index (χ0n) is 13.3. The Morgan fingerprint density at radius 2 is 1.85 bits per heavy atom. The molecule has 4 heteroatoms. The van der Waals surface area contributed by atoms with Crippen LogP contribution in [0.2, 0.25) is 0 Å². The van der Waals surface area contributed by atoms with Gasteiger partial charge in [-0.25, -0.2) is 9.97 Å². The average Bonchev–Trinajstić information content (AvgIpc) is 2.80. The highest BCUT2D eigenvalue weighted by molar-refractivity contribution is 5.54. The van der Waals surface area contributed by atoms with Gasteiger partial charge in [0.15, 0.2) is 0 Å². The van der Waals surface area contributed by atoms with E-state index in [0.29, 0.717) is 11.2 Å². The van der Waals surface area contributed by atoms with Crippen molar-refractivity contribution in [3.05, 3.63) is 11.4 Å². The largest absolute Gasteiger partial charge is 0.383 e. The number of aryl methyl sites for hydroxylation is 1. The summed E-state index contributed by atoms with van der Waals surface area (Å²) in [5, 5.41) is 3.55. The zero-order valence-corrected chi connectivity index (χ0v) is 13.3. The third kappa shape index (κ3) is 3.41. The molecule has 1 fully saturated rings. The summed E-state index contributed by atoms with van der Waals surface area (Å²) in [4.78, 5) is 8.71. The fourth-order valence-corrected chi connectivity index (χ4v) is 3.54. The number of hydrogen-bond donors (Lipinski definition) is 2. The molecular weight excluding hydrogens is 248 g/mol. The number of nitrogens with zero attached hydrogens (tertiary/aromatic N) is 2. The van der Waals surface area contributed by atoms with Crippen molar-refractivity contribution in [1.29, 1.82) is 0 Å². The van der Waals surface area contributed by atoms with Crippen molar-refractivity contribution in [2.24, 2.45) is 11.3 Å². The summed E-state index contributed by atoms with van der Waals surface area (Å²) >= 11 is 0. The van der Waals surface area contributed by atoms with E-state index < -0.39 is 0 Å². The Balaban J connectivity index is 2.10. The number of nitrogens with one attached hydrogen (secondary N) is 1. The molecule has 1 aliphatic rings. The van der Waals surface area contributed by atoms with Gasteiger partial charge in [-0.05, 0) is 44.4 Å². The monoisotopic (exact) mass is 276 g/mol. The molecule has 20 heavy (non-hydrogen) atoms. The first-order chi connectivity index (χ1) is 9.42. The Bertz CT molecular complexity index is 462. The average molecular weight is 276 g/mol. The van der Waals surface area contributed by atoms with Crippen molar-refractivity contribution in [3.63, 3.8) is 0 Å². The molecular formula is C16H28N4. The molecule has 0 unspecified atom stereocenters. The highest BCUT2D eigenvalue weighted by atomic mass is 15.1. The number of nitrogen functional groups attached to an aromatic ring is 1. The van der Waals surface area contributed by atoms with Crippen LogP contribution in [0, 0.1) is 25.2 Å². The third-order valence-corrected chi connectivity index (χ3v) is 4.43. The molecule has 0 atom stereocenters. The minimum absolute atomic E-state index is 0.439. The summed E-state index contributed by atoms with van der Waals surface area (Å²) in [6, 6.07) is 0. The predicted molar refractivity (Wildman–Crippen MR) is 84.8 cm³/mol. The number of hydrogen-bond acceptors (Lipinski definition) is 4. The quantitative estimate of drug-likeness (QED) is 0.861. The lowest BCUT2D eigenvalue weighted by Crippen LogP contribution is -2.29. The van der Waals surface area contributed by atoms with Crippen LogP contribution >= 0.6 is 0 Å². The van der Waals surface area contributed by atoms with E-state index in [-0.39, 0.29) is 0 Å². The molecule has 3 N–H and O–H groups in total. The van der Waals surface area contributed by atoms with Gasteiger partial charge in [-0.3, -0.25) is 0 Å². The standard InChI is InChI=1S/C16H28N4/c1-11(2)9-16(7-5-6-8-16)10-18-15-12(3)14(17)19-13(4)20-15/h11H,5-10H2,1-4H3,(H3,17,18,19,20). The van der Waals surface area contributed by atoms with Crippen LogP contribution in [0.5, 0.6) is 0 Å². The van der Waals surface area contributed by atoms with Gasteiger partial charge in [-0.15, -0.1) is 0 Å². The zero-order chi connectivity index (χ0) is 14.8. The molecule has 1 aliphatic carbocycles. The summed E-state index contributed by atoms with van der Waals surface area (Å²) in [7, 11) is 0. The van der Waals surface area contributed by atoms with Crippen LogP contribution in [-0.4, -0.2) is 16.5 Å². The molecule has 0 aromatic carbocycles. The molecule has 0 amide bonds. The van der Waals surface area contributed by atoms with E-state index in [0.717, 1.165) is 29.7 Å². The highest BCUT2D eigenvalue weighted by Gasteiger charge is 2.34. The normalized spacial score (nSPS) is 17.6. The molecule has 0 saturated heterocycles. The molecule has 0 radical (unpaired) electrons. The molecule has 0 aliphatic heterocycles. The summed E-state index contributed by atoms with van der Waals surface area (Å²) in [6.07, 6.45) is 6.67. The van der Waals surface area contributed by atoms with E-state index in [4.69, 9.17) is 5.73 Å². The van der Waals surface area contributed by atoms with Crippen molar-refractivity contribution in [2.75, 3.05) is 17.6 Å². The van der Waals surface area contributed by atoms with Gasteiger partial charge >= 0.3 is 0 Å². The van der Waals surface area contributed by atoms with Gasteiger partial charge in [0, 0.05) is 12.1 Å². The van der Waals surface area contributed by atoms with E-state index in [1.165, 1.54) is 32.1 Å². The fraction of sp³-hybridized carbons (Fsp3) is 0.750. The van der Waals surface area contributed by atoms with Gasteiger partial charge in [0.2, 0.25) is 0 Å². The molecule has 0 spiro atoms. The van der Waals surface area contributed by atoms with Crippen molar-refractivity contribution in [1.82, 2.24) is 9.97 Å². The molecule has 112 valence electrons. The Labute approximate surface area is 122 Å². The lowest BCUT2D eigenvalue weighted by Gasteiger charge is -2.31. The summed E-state index contributed by atoms with van der Waals surface area (Å²) in [6.45, 7) is 9.51. The first-order valence-electron chi connectivity index (χ1n) is 7.76. The molecule has 0 bridgehead atoms. The van der Waals surface area contributed by atoms with Gasteiger partial charge in [0.1, 0.15) is 17.5 Å². The maximum atomic E-state index is 5.93. The SMILES string of the molecule is Cc1nc(N)c(C)c(NCC2(CC(C)C)CCCC2)n1. The number of anilines is 2. The molecule has 2 rings (SSSR count). The van der Waals surface area contributed by atoms with Crippen LogP contribution in [0.15, 0.2) is 0 Å². The van der Waals surface area contributed by atoms with Gasteiger partial charge in [-0.1, -0.05) is 26.7 Å². The van der Waals surface area contributed by atoms with Crippen LogP contribution < -0.4 is 11.1 Å². The van der Waals surface area contributed by atoms with E-state index >= 15 is 0 Å². The van der Waals surface area contributed by atoms with E-state index in [9.17, 15) is 0 Å². The molecule has 1 aromatic rings. The van der Waals surface area contributed by atoms with E-state index in [1.807, 2.05) is 13.8 Å². The Morgan fingerprint density at radius 1 is 1.20 bits per heavy atom. The summed E-state index contributed by atoms with van der Waals surface area (Å²) in [5.74, 6) is 2.97. The van der Waals surface area contributed by atoms with E-state index in [2.05, 4.69) is 29.1 Å². The van der Waals surface area contributed by atoms with Crippen LogP contribution in [0.4, 0.5) is 11.6 Å². The van der Waals surface area contributed by atoms with Crippen LogP contribution in [0.25, 0.3) is 0 Å². The summed E-state index contributed by atoms with van der Waals surface area (Å²) in [5.41, 5.74) is 7.33. The maximum Gasteiger partial charge on any atom is 0.134 e. The Morgan fingerprint density at radius 3 is 2.45 bits per heavy atom. The highest BCUT2D eigenvalue weighted by Crippen LogP contribution is 2.43. The van der Waals surface area contributed by atoms with Crippen LogP contribution in [0.3, 0.4) is 0 Å². The fourth-order valence-electron chi connectivity index (χ4n) is 3.54. The Hall–Kier alpha value is -1.32. The van der Waals surface area contributed by atoms with Crippen molar-refractivity contribution < 1.29 is 0 Å². The van der Waals surface area contributed by atoms with Crippen LogP contribution in [0.1, 0.15) is 57.3 Å². The number of nitrogens with two attached hydrogens (primary N) is 1. The second-order valence-corrected chi connectivity index (χ2v) is 6.79. The topological polar surface area (TPSA) is 63.8 Å². The second kappa shape index (κ2) is 5.98. The van der Waals surface area contributed by atoms with E-state index in [1.54, 1.807) is 0 Å². The first-order valence-corrected chi connectivity index (χ1v) is 7.76. The van der Waals surface area contributed by atoms with Gasteiger partial charge in [0.05, 0.1) is 0 Å². The minimum Gasteiger partial charge on any atom is -0.383 e. The molecule has 1 saturated carbocycles. The van der Waals surface area contributed by atoms with Crippen molar-refractivity contribution in [2.45, 2.75) is 59.8 Å². The lowest BCUT2D eigenvalue weighted by atomic mass is 9.78. The predicted octanol–water partition coefficient (Wildman–Crippen LogP) is 3.69. The number of aromatic nitrogens is 2. The molecule has 4 nitrogen and oxygen atoms in total. The second-order valence-electron chi connectivity index (χ2n) is 6.79. The molecule has 1 heterocycles. The van der Waals surface area contributed by atoms with Gasteiger partial charge < -0.3 is 11.1 Å². The van der Waals surface area contributed by atoms with Gasteiger partial charge in [-0.2, -0.15) is 0 Å². The summed E-state index contributed by atoms with van der Waals surface area (Å²) < 4.78 is 0. The van der Waals surface area contributed by atoms with Gasteiger partial charge in [0.25, 0.3) is 0 Å². The number of rotatable bonds is 5. The molecule has 1 aromatic heterocycles. The van der Waals surface area contributed by atoms with Crippen LogP contribution in [-0.2, 0) is 0 Å². The van der Waals surface area contributed by atoms with Crippen molar-refractivity contribution >= 4 is 11.6 Å². The lowest BCUT2D eigenvalue weighted by molar-refractivity contribution is 0.252. The maximum absolute atomic E-state index is 5.93. The minimum atomic E-state index is 0.439.